The lowest BCUT2D eigenvalue weighted by molar-refractivity contribution is -0.384. The van der Waals surface area contributed by atoms with Gasteiger partial charge in [0.25, 0.3) is 5.69 Å². The number of nitrogens with zero attached hydrogens (tertiary/aromatic N) is 1. The average molecular weight is 327 g/mol. The SMILES string of the molecule is O=C(CCCCCCc1ccccc1)Oc1ccc([N+](=O)[O-])cc1. The van der Waals surface area contributed by atoms with Crippen molar-refractivity contribution in [3.8, 4) is 5.75 Å². The Hall–Kier alpha value is -2.69. The molecule has 0 fully saturated rings. The van der Waals surface area contributed by atoms with Crippen molar-refractivity contribution in [2.24, 2.45) is 0 Å². The normalized spacial score (nSPS) is 10.3. The molecule has 0 N–H and O–H groups in total. The van der Waals surface area contributed by atoms with Crippen molar-refractivity contribution in [2.45, 2.75) is 38.5 Å². The van der Waals surface area contributed by atoms with Crippen LogP contribution in [-0.2, 0) is 11.2 Å². The first-order valence-corrected chi connectivity index (χ1v) is 8.14. The standard InChI is InChI=1S/C19H21NO4/c21-19(24-18-14-12-17(13-15-18)20(22)23)11-7-2-1-4-8-16-9-5-3-6-10-16/h3,5-6,9-10,12-15H,1-2,4,7-8,11H2. The Kier molecular flexibility index (Phi) is 6.95. The van der Waals surface area contributed by atoms with Gasteiger partial charge in [0.15, 0.2) is 0 Å². The molecular formula is C19H21NO4. The Balaban J connectivity index is 1.58. The minimum Gasteiger partial charge on any atom is -0.427 e. The Morgan fingerprint density at radius 2 is 1.58 bits per heavy atom. The van der Waals surface area contributed by atoms with Crippen LogP contribution in [0.15, 0.2) is 54.6 Å². The number of non-ortho nitro benzene ring substituents is 1. The fourth-order valence-corrected chi connectivity index (χ4v) is 2.42. The van der Waals surface area contributed by atoms with E-state index >= 15 is 0 Å². The molecule has 0 heterocycles. The predicted molar refractivity (Wildman–Crippen MR) is 92.0 cm³/mol. The van der Waals surface area contributed by atoms with E-state index in [0.717, 1.165) is 32.1 Å². The molecule has 24 heavy (non-hydrogen) atoms. The van der Waals surface area contributed by atoms with Crippen LogP contribution < -0.4 is 4.74 Å². The summed E-state index contributed by atoms with van der Waals surface area (Å²) in [5.41, 5.74) is 1.32. The summed E-state index contributed by atoms with van der Waals surface area (Å²) in [6.45, 7) is 0. The number of hydrogen-bond acceptors (Lipinski definition) is 4. The van der Waals surface area contributed by atoms with Crippen molar-refractivity contribution in [3.05, 3.63) is 70.3 Å². The first-order valence-electron chi connectivity index (χ1n) is 8.14. The van der Waals surface area contributed by atoms with Gasteiger partial charge in [0.05, 0.1) is 4.92 Å². The molecule has 0 amide bonds. The molecule has 126 valence electrons. The van der Waals surface area contributed by atoms with Gasteiger partial charge in [-0.05, 0) is 37.0 Å². The third-order valence-corrected chi connectivity index (χ3v) is 3.72. The van der Waals surface area contributed by atoms with Crippen LogP contribution >= 0.6 is 0 Å². The number of aryl methyl sites for hydroxylation is 1. The lowest BCUT2D eigenvalue weighted by Gasteiger charge is -2.04. The van der Waals surface area contributed by atoms with Gasteiger partial charge in [-0.15, -0.1) is 0 Å². The number of carbonyl (C=O) groups excluding carboxylic acids is 1. The van der Waals surface area contributed by atoms with E-state index in [-0.39, 0.29) is 11.7 Å². The van der Waals surface area contributed by atoms with E-state index in [4.69, 9.17) is 4.74 Å². The minimum absolute atomic E-state index is 0.0202. The van der Waals surface area contributed by atoms with E-state index in [1.807, 2.05) is 18.2 Å². The van der Waals surface area contributed by atoms with Crippen LogP contribution in [0, 0.1) is 10.1 Å². The van der Waals surface area contributed by atoms with Gasteiger partial charge in [0, 0.05) is 18.6 Å². The molecule has 5 nitrogen and oxygen atoms in total. The first-order chi connectivity index (χ1) is 11.6. The summed E-state index contributed by atoms with van der Waals surface area (Å²) >= 11 is 0. The second kappa shape index (κ2) is 9.45. The third kappa shape index (κ3) is 6.20. The molecule has 2 aromatic carbocycles. The molecule has 2 aromatic rings. The van der Waals surface area contributed by atoms with E-state index in [1.165, 1.54) is 29.8 Å². The van der Waals surface area contributed by atoms with Gasteiger partial charge in [0.1, 0.15) is 5.75 Å². The molecule has 0 unspecified atom stereocenters. The molecule has 0 aromatic heterocycles. The van der Waals surface area contributed by atoms with E-state index in [1.54, 1.807) is 0 Å². The molecule has 0 atom stereocenters. The number of esters is 1. The van der Waals surface area contributed by atoms with Crippen LogP contribution in [0.5, 0.6) is 5.75 Å². The quantitative estimate of drug-likeness (QED) is 0.220. The topological polar surface area (TPSA) is 69.4 Å². The molecule has 0 saturated heterocycles. The summed E-state index contributed by atoms with van der Waals surface area (Å²) in [5.74, 6) is 0.0431. The van der Waals surface area contributed by atoms with Crippen molar-refractivity contribution < 1.29 is 14.5 Å². The average Bonchev–Trinajstić information content (AvgIpc) is 2.59. The number of unbranched alkanes of at least 4 members (excludes halogenated alkanes) is 3. The summed E-state index contributed by atoms with van der Waals surface area (Å²) in [6.07, 6.45) is 5.40. The van der Waals surface area contributed by atoms with Gasteiger partial charge in [-0.1, -0.05) is 43.2 Å². The van der Waals surface area contributed by atoms with Crippen molar-refractivity contribution in [2.75, 3.05) is 0 Å². The smallest absolute Gasteiger partial charge is 0.311 e. The molecular weight excluding hydrogens is 306 g/mol. The maximum atomic E-state index is 11.7. The number of ether oxygens (including phenoxy) is 1. The molecule has 5 heteroatoms. The van der Waals surface area contributed by atoms with Crippen LogP contribution in [0.25, 0.3) is 0 Å². The highest BCUT2D eigenvalue weighted by Crippen LogP contribution is 2.18. The first kappa shape index (κ1) is 17.7. The lowest BCUT2D eigenvalue weighted by Crippen LogP contribution is -2.07. The molecule has 2 rings (SSSR count). The number of benzene rings is 2. The summed E-state index contributed by atoms with van der Waals surface area (Å²) in [7, 11) is 0. The van der Waals surface area contributed by atoms with Gasteiger partial charge in [0.2, 0.25) is 0 Å². The molecule has 0 aliphatic heterocycles. The number of carbonyl (C=O) groups is 1. The largest absolute Gasteiger partial charge is 0.427 e. The maximum Gasteiger partial charge on any atom is 0.311 e. The van der Waals surface area contributed by atoms with Crippen LogP contribution in [0.4, 0.5) is 5.69 Å². The maximum absolute atomic E-state index is 11.7. The van der Waals surface area contributed by atoms with E-state index in [2.05, 4.69) is 12.1 Å². The predicted octanol–water partition coefficient (Wildman–Crippen LogP) is 4.69. The summed E-state index contributed by atoms with van der Waals surface area (Å²) in [5, 5.41) is 10.6. The van der Waals surface area contributed by atoms with Gasteiger partial charge in [-0.25, -0.2) is 0 Å². The van der Waals surface area contributed by atoms with Crippen molar-refractivity contribution in [1.82, 2.24) is 0 Å². The number of hydrogen-bond donors (Lipinski definition) is 0. The van der Waals surface area contributed by atoms with E-state index < -0.39 is 4.92 Å². The lowest BCUT2D eigenvalue weighted by atomic mass is 10.1. The zero-order valence-electron chi connectivity index (χ0n) is 13.5. The van der Waals surface area contributed by atoms with Gasteiger partial charge in [-0.2, -0.15) is 0 Å². The van der Waals surface area contributed by atoms with Crippen LogP contribution in [0.1, 0.15) is 37.7 Å². The number of nitro groups is 1. The Morgan fingerprint density at radius 1 is 0.917 bits per heavy atom. The van der Waals surface area contributed by atoms with E-state index in [9.17, 15) is 14.9 Å². The second-order valence-electron chi connectivity index (χ2n) is 5.62. The van der Waals surface area contributed by atoms with Gasteiger partial charge >= 0.3 is 5.97 Å². The number of nitro benzene ring substituents is 1. The molecule has 0 aliphatic rings. The zero-order chi connectivity index (χ0) is 17.2. The fourth-order valence-electron chi connectivity index (χ4n) is 2.42. The van der Waals surface area contributed by atoms with Crippen LogP contribution in [0.3, 0.4) is 0 Å². The molecule has 0 radical (unpaired) electrons. The zero-order valence-corrected chi connectivity index (χ0v) is 13.5. The second-order valence-corrected chi connectivity index (χ2v) is 5.62. The Labute approximate surface area is 141 Å². The Morgan fingerprint density at radius 3 is 2.25 bits per heavy atom. The van der Waals surface area contributed by atoms with Crippen LogP contribution in [0.2, 0.25) is 0 Å². The van der Waals surface area contributed by atoms with E-state index in [0.29, 0.717) is 12.2 Å². The summed E-state index contributed by atoms with van der Waals surface area (Å²) in [4.78, 5) is 21.8. The van der Waals surface area contributed by atoms with Crippen molar-refractivity contribution in [1.29, 1.82) is 0 Å². The molecule has 0 aliphatic carbocycles. The summed E-state index contributed by atoms with van der Waals surface area (Å²) in [6, 6.07) is 15.9. The molecule has 0 saturated carbocycles. The van der Waals surface area contributed by atoms with Crippen LogP contribution in [-0.4, -0.2) is 10.9 Å². The highest BCUT2D eigenvalue weighted by atomic mass is 16.6. The fraction of sp³-hybridized carbons (Fsp3) is 0.316. The monoisotopic (exact) mass is 327 g/mol. The van der Waals surface area contributed by atoms with Gasteiger partial charge < -0.3 is 4.74 Å². The Bertz CT molecular complexity index is 653. The van der Waals surface area contributed by atoms with Crippen molar-refractivity contribution in [3.63, 3.8) is 0 Å². The minimum atomic E-state index is -0.485. The number of rotatable bonds is 9. The third-order valence-electron chi connectivity index (χ3n) is 3.72. The molecule has 0 bridgehead atoms. The summed E-state index contributed by atoms with van der Waals surface area (Å²) < 4.78 is 5.16. The molecule has 0 spiro atoms. The van der Waals surface area contributed by atoms with Crippen molar-refractivity contribution >= 4 is 11.7 Å². The highest BCUT2D eigenvalue weighted by Gasteiger charge is 2.08. The van der Waals surface area contributed by atoms with Gasteiger partial charge in [-0.3, -0.25) is 14.9 Å². The highest BCUT2D eigenvalue weighted by molar-refractivity contribution is 5.72.